The second-order valence-electron chi connectivity index (χ2n) is 16.7. The van der Waals surface area contributed by atoms with Gasteiger partial charge in [-0.1, -0.05) is 22.7 Å². The molecule has 0 radical (unpaired) electrons. The van der Waals surface area contributed by atoms with Gasteiger partial charge >= 0.3 is 0 Å². The molecular weight excluding hydrogens is 889 g/mol. The first-order valence-electron chi connectivity index (χ1n) is 18.9. The summed E-state index contributed by atoms with van der Waals surface area (Å²) < 4.78 is 103. The lowest BCUT2D eigenvalue weighted by atomic mass is 10.1. The lowest BCUT2D eigenvalue weighted by Gasteiger charge is -2.38. The third kappa shape index (κ3) is 8.45. The summed E-state index contributed by atoms with van der Waals surface area (Å²) in [6.07, 6.45) is 1.77. The molecule has 0 amide bonds. The molecule has 1 aliphatic rings. The molecule has 0 aliphatic carbocycles. The van der Waals surface area contributed by atoms with E-state index in [9.17, 15) is 35.5 Å². The minimum absolute atomic E-state index is 0.0776. The van der Waals surface area contributed by atoms with Crippen LogP contribution in [0.25, 0.3) is 32.4 Å². The van der Waals surface area contributed by atoms with Crippen molar-refractivity contribution in [1.29, 1.82) is 0 Å². The van der Waals surface area contributed by atoms with Crippen molar-refractivity contribution in [2.24, 2.45) is 0 Å². The normalized spacial score (nSPS) is 15.2. The quantitative estimate of drug-likeness (QED) is 0.139. The maximum Gasteiger partial charge on any atom is 0.238 e. The van der Waals surface area contributed by atoms with Gasteiger partial charge in [-0.05, 0) is 91.8 Å². The third-order valence-corrected chi connectivity index (χ3v) is 18.5. The highest BCUT2D eigenvalue weighted by molar-refractivity contribution is 7.93. The Balaban J connectivity index is 1.08. The van der Waals surface area contributed by atoms with Crippen LogP contribution in [0.3, 0.4) is 0 Å². The Morgan fingerprint density at radius 2 is 1.34 bits per heavy atom. The van der Waals surface area contributed by atoms with Gasteiger partial charge in [0.25, 0.3) is 0 Å². The second kappa shape index (κ2) is 15.4. The van der Waals surface area contributed by atoms with Crippen LogP contribution in [-0.4, -0.2) is 114 Å². The first kappa shape index (κ1) is 45.0. The standard InChI is InChI=1S/C39H48N6O11S5/c1-22-32(24-11-13-27(54-9)29(15-24)59(48,49)20-37(3,4)46)44-19-31(57-35(44)40-22)39(7,8)56-21-60(50,51)43-17-26(18-43)61(52,53)30-16-25(12-14-28(30)55-10)33-23(2)41-36-45(33)42-34(58-36)38(5,6)47/h11-16,19,26,46-47H,17-18,20-21H2,1-10H3. The number of sulfonamides is 1. The minimum atomic E-state index is -4.10. The molecule has 1 saturated heterocycles. The molecule has 0 atom stereocenters. The summed E-state index contributed by atoms with van der Waals surface area (Å²) in [5, 5.41) is 24.8. The fourth-order valence-corrected chi connectivity index (χ4v) is 14.3. The number of rotatable bonds is 15. The first-order valence-corrected chi connectivity index (χ1v) is 25.4. The number of hydrogen-bond donors (Lipinski definition) is 2. The first-order chi connectivity index (χ1) is 28.2. The van der Waals surface area contributed by atoms with E-state index in [0.29, 0.717) is 53.7 Å². The fourth-order valence-electron chi connectivity index (χ4n) is 7.04. The van der Waals surface area contributed by atoms with E-state index in [2.05, 4.69) is 15.1 Å². The van der Waals surface area contributed by atoms with Crippen molar-refractivity contribution < 1.29 is 49.7 Å². The Hall–Kier alpha value is -4.00. The number of fused-ring (bicyclic) bond motifs is 2. The Labute approximate surface area is 362 Å². The van der Waals surface area contributed by atoms with E-state index in [1.807, 2.05) is 0 Å². The summed E-state index contributed by atoms with van der Waals surface area (Å²) in [6.45, 7) is 12.5. The number of aliphatic hydroxyl groups is 2. The van der Waals surface area contributed by atoms with E-state index in [1.165, 1.54) is 68.9 Å². The van der Waals surface area contributed by atoms with Gasteiger partial charge in [0, 0.05) is 30.4 Å². The van der Waals surface area contributed by atoms with Gasteiger partial charge < -0.3 is 24.4 Å². The molecule has 0 saturated carbocycles. The Morgan fingerprint density at radius 1 is 0.787 bits per heavy atom. The molecular formula is C39H48N6O11S5. The van der Waals surface area contributed by atoms with E-state index in [0.717, 1.165) is 4.31 Å². The largest absolute Gasteiger partial charge is 0.495 e. The molecule has 1 fully saturated rings. The molecule has 2 N–H and O–H groups in total. The molecule has 0 unspecified atom stereocenters. The summed E-state index contributed by atoms with van der Waals surface area (Å²) >= 11 is 2.50. The molecule has 4 aromatic heterocycles. The van der Waals surface area contributed by atoms with Crippen molar-refractivity contribution in [3.8, 4) is 34.0 Å². The number of ether oxygens (including phenoxy) is 3. The van der Waals surface area contributed by atoms with Gasteiger partial charge in [0.1, 0.15) is 31.9 Å². The van der Waals surface area contributed by atoms with E-state index in [-0.39, 0.29) is 34.4 Å². The van der Waals surface area contributed by atoms with Crippen LogP contribution in [0.1, 0.15) is 62.8 Å². The third-order valence-electron chi connectivity index (χ3n) is 10.3. The number of aryl methyl sites for hydroxylation is 2. The number of hydrogen-bond acceptors (Lipinski definition) is 16. The zero-order valence-electron chi connectivity index (χ0n) is 35.2. The Morgan fingerprint density at radius 3 is 1.93 bits per heavy atom. The average molecular weight is 937 g/mol. The summed E-state index contributed by atoms with van der Waals surface area (Å²) in [5.41, 5.74) is -0.415. The lowest BCUT2D eigenvalue weighted by molar-refractivity contribution is 0.00583. The smallest absolute Gasteiger partial charge is 0.238 e. The Kier molecular flexibility index (Phi) is 11.3. The van der Waals surface area contributed by atoms with Gasteiger partial charge in [-0.3, -0.25) is 4.40 Å². The van der Waals surface area contributed by atoms with Crippen LogP contribution in [0.2, 0.25) is 0 Å². The van der Waals surface area contributed by atoms with Crippen molar-refractivity contribution in [2.75, 3.05) is 39.0 Å². The number of methoxy groups -OCH3 is 2. The molecule has 0 bridgehead atoms. The summed E-state index contributed by atoms with van der Waals surface area (Å²) in [7, 11) is -9.42. The zero-order valence-corrected chi connectivity index (χ0v) is 39.3. The summed E-state index contributed by atoms with van der Waals surface area (Å²) in [5.74, 6) is -1.01. The highest BCUT2D eigenvalue weighted by Gasteiger charge is 2.45. The zero-order chi connectivity index (χ0) is 44.8. The van der Waals surface area contributed by atoms with Crippen molar-refractivity contribution >= 4 is 62.3 Å². The van der Waals surface area contributed by atoms with Gasteiger partial charge in [0.05, 0.1) is 64.1 Å². The molecule has 7 rings (SSSR count). The van der Waals surface area contributed by atoms with E-state index in [1.54, 1.807) is 74.9 Å². The van der Waals surface area contributed by atoms with Crippen LogP contribution in [0, 0.1) is 13.8 Å². The van der Waals surface area contributed by atoms with Crippen LogP contribution < -0.4 is 9.47 Å². The SMILES string of the molecule is COc1ccc(-c2c(C)nc3sc(C(C)(C)OCS(=O)(=O)N4CC(S(=O)(=O)c5cc(-c6c(C)nc7sc(C(C)(C)O)nn67)ccc5OC)C4)cn23)cc1S(=O)(=O)CC(C)(C)O. The van der Waals surface area contributed by atoms with Gasteiger partial charge in [0.2, 0.25) is 15.0 Å². The molecule has 5 heterocycles. The second-order valence-corrected chi connectivity index (χ2v) is 24.7. The maximum absolute atomic E-state index is 14.1. The number of thiazole rings is 1. The van der Waals surface area contributed by atoms with Gasteiger partial charge in [-0.15, -0.1) is 0 Å². The maximum atomic E-state index is 14.1. The highest BCUT2D eigenvalue weighted by atomic mass is 32.2. The molecule has 17 nitrogen and oxygen atoms in total. The van der Waals surface area contributed by atoms with Crippen molar-refractivity contribution in [2.45, 2.75) is 87.2 Å². The minimum Gasteiger partial charge on any atom is -0.495 e. The lowest BCUT2D eigenvalue weighted by Crippen LogP contribution is -2.57. The predicted molar refractivity (Wildman–Crippen MR) is 231 cm³/mol. The van der Waals surface area contributed by atoms with Crippen LogP contribution in [0.5, 0.6) is 11.5 Å². The monoisotopic (exact) mass is 936 g/mol. The fraction of sp³-hybridized carbons (Fsp3) is 0.462. The molecule has 22 heteroatoms. The number of imidazole rings is 2. The number of nitrogens with zero attached hydrogens (tertiary/aromatic N) is 6. The molecule has 61 heavy (non-hydrogen) atoms. The van der Waals surface area contributed by atoms with Gasteiger partial charge in [-0.25, -0.2) is 39.7 Å². The summed E-state index contributed by atoms with van der Waals surface area (Å²) in [6, 6.07) is 9.47. The topological polar surface area (TPSA) is 221 Å². The van der Waals surface area contributed by atoms with Crippen molar-refractivity contribution in [3.05, 3.63) is 63.9 Å². The van der Waals surface area contributed by atoms with Crippen LogP contribution in [0.4, 0.5) is 0 Å². The van der Waals surface area contributed by atoms with Gasteiger partial charge in [0.15, 0.2) is 30.6 Å². The van der Waals surface area contributed by atoms with Crippen LogP contribution in [-0.2, 0) is 45.6 Å². The average Bonchev–Trinajstić information content (AvgIpc) is 3.87. The molecule has 330 valence electrons. The Bertz CT molecular complexity index is 3020. The van der Waals surface area contributed by atoms with E-state index >= 15 is 0 Å². The van der Waals surface area contributed by atoms with Crippen molar-refractivity contribution in [1.82, 2.24) is 28.3 Å². The van der Waals surface area contributed by atoms with Crippen LogP contribution >= 0.6 is 22.7 Å². The predicted octanol–water partition coefficient (Wildman–Crippen LogP) is 4.94. The molecule has 1 aliphatic heterocycles. The van der Waals surface area contributed by atoms with E-state index < -0.39 is 63.4 Å². The van der Waals surface area contributed by atoms with Crippen molar-refractivity contribution in [3.63, 3.8) is 0 Å². The number of benzene rings is 2. The molecule has 2 aromatic carbocycles. The number of sulfone groups is 2. The van der Waals surface area contributed by atoms with Gasteiger partial charge in [-0.2, -0.15) is 9.40 Å². The van der Waals surface area contributed by atoms with E-state index in [4.69, 9.17) is 14.2 Å². The molecule has 6 aromatic rings. The number of aromatic nitrogens is 5. The summed E-state index contributed by atoms with van der Waals surface area (Å²) in [4.78, 5) is 10.8. The highest BCUT2D eigenvalue weighted by Crippen LogP contribution is 2.40. The molecule has 0 spiro atoms. The van der Waals surface area contributed by atoms with Crippen LogP contribution in [0.15, 0.2) is 52.4 Å².